The van der Waals surface area contributed by atoms with Gasteiger partial charge in [0.05, 0.1) is 6.20 Å². The number of aryl methyl sites for hydroxylation is 1. The van der Waals surface area contributed by atoms with Crippen molar-refractivity contribution in [2.45, 2.75) is 24.9 Å². The topological polar surface area (TPSA) is 112 Å². The number of benzene rings is 1. The number of nitrogens with one attached hydrogen (secondary N) is 2. The Morgan fingerprint density at radius 1 is 1.33 bits per heavy atom. The van der Waals surface area contributed by atoms with Crippen LogP contribution in [-0.4, -0.2) is 29.7 Å². The molecule has 1 aromatic carbocycles. The molecular weight excluding hydrogens is 294 g/mol. The van der Waals surface area contributed by atoms with E-state index in [1.165, 1.54) is 0 Å². The molecule has 0 bridgehead atoms. The summed E-state index contributed by atoms with van der Waals surface area (Å²) in [5.41, 5.74) is 1.45. The molecule has 1 atom stereocenters. The lowest BCUT2D eigenvalue weighted by Gasteiger charge is -2.14. The molecule has 0 radical (unpaired) electrons. The minimum Gasteiger partial charge on any atom is -0.478 e. The van der Waals surface area contributed by atoms with Crippen LogP contribution in [0.15, 0.2) is 35.5 Å². The summed E-state index contributed by atoms with van der Waals surface area (Å²) >= 11 is 0. The summed E-state index contributed by atoms with van der Waals surface area (Å²) < 4.78 is 26.9. The largest absolute Gasteiger partial charge is 0.478 e. The van der Waals surface area contributed by atoms with Crippen LogP contribution in [0.1, 0.15) is 34.5 Å². The number of H-pyrrole nitrogens is 1. The first-order valence-corrected chi connectivity index (χ1v) is 7.65. The predicted molar refractivity (Wildman–Crippen MR) is 75.5 cm³/mol. The molecule has 0 unspecified atom stereocenters. The van der Waals surface area contributed by atoms with Gasteiger partial charge in [-0.1, -0.05) is 29.8 Å². The van der Waals surface area contributed by atoms with Crippen LogP contribution in [0.25, 0.3) is 0 Å². The first-order chi connectivity index (χ1) is 9.81. The summed E-state index contributed by atoms with van der Waals surface area (Å²) in [6, 6.07) is 6.87. The number of hydrogen-bond acceptors (Lipinski definition) is 4. The van der Waals surface area contributed by atoms with E-state index in [1.807, 2.05) is 31.2 Å². The van der Waals surface area contributed by atoms with Gasteiger partial charge in [0.15, 0.2) is 5.03 Å². The van der Waals surface area contributed by atoms with E-state index in [2.05, 4.69) is 14.9 Å². The fraction of sp³-hybridized carbons (Fsp3) is 0.231. The Morgan fingerprint density at radius 3 is 2.52 bits per heavy atom. The fourth-order valence-electron chi connectivity index (χ4n) is 1.85. The van der Waals surface area contributed by atoms with E-state index in [0.717, 1.165) is 17.3 Å². The predicted octanol–water partition coefficient (Wildman–Crippen LogP) is 1.46. The Balaban J connectivity index is 2.27. The van der Waals surface area contributed by atoms with Gasteiger partial charge in [-0.25, -0.2) is 17.9 Å². The third kappa shape index (κ3) is 3.29. The molecule has 2 rings (SSSR count). The molecule has 21 heavy (non-hydrogen) atoms. The number of rotatable bonds is 5. The van der Waals surface area contributed by atoms with Gasteiger partial charge in [-0.2, -0.15) is 5.10 Å². The zero-order chi connectivity index (χ0) is 15.6. The van der Waals surface area contributed by atoms with Crippen molar-refractivity contribution in [1.82, 2.24) is 14.9 Å². The summed E-state index contributed by atoms with van der Waals surface area (Å²) in [6.07, 6.45) is 0.966. The van der Waals surface area contributed by atoms with E-state index in [-0.39, 0.29) is 0 Å². The van der Waals surface area contributed by atoms with Gasteiger partial charge in [0, 0.05) is 6.04 Å². The molecule has 8 heteroatoms. The van der Waals surface area contributed by atoms with Gasteiger partial charge in [0.2, 0.25) is 0 Å². The Hall–Kier alpha value is -2.19. The Labute approximate surface area is 122 Å². The number of sulfonamides is 1. The number of hydrogen-bond donors (Lipinski definition) is 3. The average molecular weight is 309 g/mol. The molecule has 3 N–H and O–H groups in total. The minimum absolute atomic E-state index is 0.390. The number of aromatic carboxylic acids is 1. The molecule has 0 saturated heterocycles. The molecule has 0 aliphatic heterocycles. The summed E-state index contributed by atoms with van der Waals surface area (Å²) in [5.74, 6) is -1.35. The maximum atomic E-state index is 12.2. The molecule has 0 fully saturated rings. The molecule has 112 valence electrons. The van der Waals surface area contributed by atoms with Gasteiger partial charge < -0.3 is 5.11 Å². The second-order valence-electron chi connectivity index (χ2n) is 4.67. The zero-order valence-corrected chi connectivity index (χ0v) is 12.3. The summed E-state index contributed by atoms with van der Waals surface area (Å²) in [6.45, 7) is 3.61. The van der Waals surface area contributed by atoms with E-state index in [9.17, 15) is 13.2 Å². The van der Waals surface area contributed by atoms with E-state index < -0.39 is 32.6 Å². The standard InChI is InChI=1S/C13H15N3O4S/c1-8-3-5-10(6-4-8)9(2)16-21(19,20)12-11(13(17)18)7-14-15-12/h3-7,9,16H,1-2H3,(H,14,15)(H,17,18)/t9-/m1/s1. The smallest absolute Gasteiger partial charge is 0.340 e. The highest BCUT2D eigenvalue weighted by Crippen LogP contribution is 2.18. The number of aromatic nitrogens is 2. The number of aromatic amines is 1. The molecule has 1 heterocycles. The summed E-state index contributed by atoms with van der Waals surface area (Å²) in [4.78, 5) is 11.0. The van der Waals surface area contributed by atoms with Crippen LogP contribution in [-0.2, 0) is 10.0 Å². The van der Waals surface area contributed by atoms with Crippen molar-refractivity contribution in [3.05, 3.63) is 47.2 Å². The molecule has 0 aliphatic carbocycles. The fourth-order valence-corrected chi connectivity index (χ4v) is 3.17. The lowest BCUT2D eigenvalue weighted by atomic mass is 10.1. The molecule has 7 nitrogen and oxygen atoms in total. The van der Waals surface area contributed by atoms with Gasteiger partial charge in [-0.15, -0.1) is 0 Å². The van der Waals surface area contributed by atoms with Gasteiger partial charge in [-0.05, 0) is 19.4 Å². The Morgan fingerprint density at radius 2 is 1.95 bits per heavy atom. The third-order valence-corrected chi connectivity index (χ3v) is 4.53. The SMILES string of the molecule is Cc1ccc([C@@H](C)NS(=O)(=O)c2[nH]ncc2C(=O)O)cc1. The van der Waals surface area contributed by atoms with Crippen molar-refractivity contribution in [2.24, 2.45) is 0 Å². The van der Waals surface area contributed by atoms with Crippen molar-refractivity contribution < 1.29 is 18.3 Å². The molecule has 0 spiro atoms. The number of carboxylic acid groups (broad SMARTS) is 1. The normalized spacial score (nSPS) is 13.0. The van der Waals surface area contributed by atoms with E-state index in [1.54, 1.807) is 6.92 Å². The van der Waals surface area contributed by atoms with Crippen molar-refractivity contribution >= 4 is 16.0 Å². The first-order valence-electron chi connectivity index (χ1n) is 6.17. The van der Waals surface area contributed by atoms with Gasteiger partial charge >= 0.3 is 5.97 Å². The third-order valence-electron chi connectivity index (χ3n) is 3.01. The average Bonchev–Trinajstić information content (AvgIpc) is 2.89. The zero-order valence-electron chi connectivity index (χ0n) is 11.5. The van der Waals surface area contributed by atoms with Gasteiger partial charge in [0.1, 0.15) is 5.56 Å². The highest BCUT2D eigenvalue weighted by molar-refractivity contribution is 7.89. The molecule has 1 aromatic heterocycles. The van der Waals surface area contributed by atoms with Crippen LogP contribution in [0.3, 0.4) is 0 Å². The number of nitrogens with zero attached hydrogens (tertiary/aromatic N) is 1. The van der Waals surface area contributed by atoms with Crippen LogP contribution in [0, 0.1) is 6.92 Å². The quantitative estimate of drug-likeness (QED) is 0.774. The number of carboxylic acids is 1. The van der Waals surface area contributed by atoms with E-state index >= 15 is 0 Å². The van der Waals surface area contributed by atoms with Crippen molar-refractivity contribution in [3.63, 3.8) is 0 Å². The van der Waals surface area contributed by atoms with Crippen LogP contribution in [0.2, 0.25) is 0 Å². The maximum absolute atomic E-state index is 12.2. The minimum atomic E-state index is -4.00. The Kier molecular flexibility index (Phi) is 4.10. The van der Waals surface area contributed by atoms with Gasteiger partial charge in [0.25, 0.3) is 10.0 Å². The van der Waals surface area contributed by atoms with Crippen molar-refractivity contribution in [1.29, 1.82) is 0 Å². The van der Waals surface area contributed by atoms with E-state index in [4.69, 9.17) is 5.11 Å². The Bertz CT molecular complexity index is 750. The van der Waals surface area contributed by atoms with Crippen LogP contribution in [0.5, 0.6) is 0 Å². The van der Waals surface area contributed by atoms with Crippen LogP contribution < -0.4 is 4.72 Å². The second-order valence-corrected chi connectivity index (χ2v) is 6.32. The van der Waals surface area contributed by atoms with E-state index in [0.29, 0.717) is 0 Å². The molecule has 0 saturated carbocycles. The molecule has 0 aliphatic rings. The summed E-state index contributed by atoms with van der Waals surface area (Å²) in [7, 11) is -4.00. The first kappa shape index (κ1) is 15.2. The molecule has 2 aromatic rings. The monoisotopic (exact) mass is 309 g/mol. The van der Waals surface area contributed by atoms with Crippen LogP contribution in [0.4, 0.5) is 0 Å². The van der Waals surface area contributed by atoms with Crippen molar-refractivity contribution in [3.8, 4) is 0 Å². The molecule has 0 amide bonds. The highest BCUT2D eigenvalue weighted by Gasteiger charge is 2.26. The van der Waals surface area contributed by atoms with Gasteiger partial charge in [-0.3, -0.25) is 5.10 Å². The highest BCUT2D eigenvalue weighted by atomic mass is 32.2. The second kappa shape index (κ2) is 5.66. The lowest BCUT2D eigenvalue weighted by molar-refractivity contribution is 0.0692. The maximum Gasteiger partial charge on any atom is 0.340 e. The van der Waals surface area contributed by atoms with Crippen LogP contribution >= 0.6 is 0 Å². The molecular formula is C13H15N3O4S. The number of carbonyl (C=O) groups is 1. The van der Waals surface area contributed by atoms with Crippen molar-refractivity contribution in [2.75, 3.05) is 0 Å². The lowest BCUT2D eigenvalue weighted by Crippen LogP contribution is -2.28. The summed E-state index contributed by atoms with van der Waals surface area (Å²) in [5, 5.41) is 14.2.